The fourth-order valence-corrected chi connectivity index (χ4v) is 3.00. The van der Waals surface area contributed by atoms with E-state index < -0.39 is 0 Å². The van der Waals surface area contributed by atoms with Crippen LogP contribution >= 0.6 is 0 Å². The van der Waals surface area contributed by atoms with Crippen LogP contribution in [0.5, 0.6) is 0 Å². The van der Waals surface area contributed by atoms with Gasteiger partial charge in [0.05, 0.1) is 0 Å². The summed E-state index contributed by atoms with van der Waals surface area (Å²) in [5.74, 6) is 2.39. The van der Waals surface area contributed by atoms with E-state index >= 15 is 0 Å². The summed E-state index contributed by atoms with van der Waals surface area (Å²) in [4.78, 5) is 15.6. The molecule has 19 heavy (non-hydrogen) atoms. The average Bonchev–Trinajstić information content (AvgIpc) is 2.83. The number of aryl methyl sites for hydroxylation is 1. The smallest absolute Gasteiger partial charge is 0.329 e. The van der Waals surface area contributed by atoms with Crippen LogP contribution in [-0.2, 0) is 0 Å². The van der Waals surface area contributed by atoms with Gasteiger partial charge in [-0.25, -0.2) is 4.79 Å². The lowest BCUT2D eigenvalue weighted by atomic mass is 9.69. The Kier molecular flexibility index (Phi) is 3.23. The first-order valence-corrected chi connectivity index (χ1v) is 6.74. The summed E-state index contributed by atoms with van der Waals surface area (Å²) in [5, 5.41) is 9.03. The third kappa shape index (κ3) is 2.77. The van der Waals surface area contributed by atoms with E-state index in [1.165, 1.54) is 19.3 Å². The summed E-state index contributed by atoms with van der Waals surface area (Å²) in [5.41, 5.74) is 0. The summed E-state index contributed by atoms with van der Waals surface area (Å²) >= 11 is 0. The molecule has 0 spiro atoms. The number of rotatable bonds is 3. The molecule has 6 nitrogen and oxygen atoms in total. The fourth-order valence-electron chi connectivity index (χ4n) is 3.00. The molecule has 6 heteroatoms. The number of carbonyl (C=O) groups excluding carboxylic acids is 1. The van der Waals surface area contributed by atoms with Crippen LogP contribution in [0.3, 0.4) is 0 Å². The predicted octanol–water partition coefficient (Wildman–Crippen LogP) is 2.10. The third-order valence-corrected chi connectivity index (χ3v) is 3.99. The van der Waals surface area contributed by atoms with Crippen LogP contribution in [-0.4, -0.2) is 22.7 Å². The molecule has 3 aliphatic carbocycles. The van der Waals surface area contributed by atoms with Crippen molar-refractivity contribution >= 4 is 12.0 Å². The Bertz CT molecular complexity index is 497. The van der Waals surface area contributed by atoms with Gasteiger partial charge in [-0.05, 0) is 43.9 Å². The maximum Gasteiger partial charge on any atom is 0.329 e. The van der Waals surface area contributed by atoms with Gasteiger partial charge in [0.15, 0.2) is 5.82 Å². The van der Waals surface area contributed by atoms with Crippen molar-refractivity contribution < 1.29 is 9.32 Å². The average molecular weight is 262 g/mol. The number of fused-ring (bicyclic) bond motifs is 2. The van der Waals surface area contributed by atoms with Gasteiger partial charge in [0.25, 0.3) is 0 Å². The number of carbonyl (C=O) groups is 1. The number of nitrogens with zero attached hydrogens (tertiary/aromatic N) is 2. The van der Waals surface area contributed by atoms with E-state index in [9.17, 15) is 4.79 Å². The van der Waals surface area contributed by atoms with Crippen molar-refractivity contribution in [3.8, 4) is 0 Å². The van der Waals surface area contributed by atoms with Gasteiger partial charge in [-0.1, -0.05) is 17.3 Å². The maximum atomic E-state index is 11.7. The third-order valence-electron chi connectivity index (χ3n) is 3.99. The number of urea groups is 1. The monoisotopic (exact) mass is 262 g/mol. The highest BCUT2D eigenvalue weighted by Gasteiger charge is 2.31. The number of amides is 2. The first kappa shape index (κ1) is 12.2. The van der Waals surface area contributed by atoms with E-state index in [1.807, 2.05) is 0 Å². The second-order valence-electron chi connectivity index (χ2n) is 5.36. The summed E-state index contributed by atoms with van der Waals surface area (Å²) in [6.07, 6.45) is 8.36. The van der Waals surface area contributed by atoms with Gasteiger partial charge in [-0.3, -0.25) is 5.32 Å². The van der Waals surface area contributed by atoms with Crippen LogP contribution < -0.4 is 10.6 Å². The molecule has 1 fully saturated rings. The highest BCUT2D eigenvalue weighted by molar-refractivity contribution is 5.86. The molecule has 102 valence electrons. The Morgan fingerprint density at radius 1 is 1.47 bits per heavy atom. The molecule has 2 N–H and O–H groups in total. The predicted molar refractivity (Wildman–Crippen MR) is 69.5 cm³/mol. The minimum Gasteiger partial charge on any atom is -0.337 e. The van der Waals surface area contributed by atoms with E-state index in [0.29, 0.717) is 30.1 Å². The van der Waals surface area contributed by atoms with E-state index in [4.69, 9.17) is 4.52 Å². The van der Waals surface area contributed by atoms with E-state index in [-0.39, 0.29) is 12.0 Å². The van der Waals surface area contributed by atoms with Gasteiger partial charge < -0.3 is 9.84 Å². The number of hydrogen-bond donors (Lipinski definition) is 2. The van der Waals surface area contributed by atoms with Crippen LogP contribution in [0.25, 0.3) is 0 Å². The molecule has 1 aromatic rings. The second-order valence-corrected chi connectivity index (χ2v) is 5.36. The molecule has 1 heterocycles. The zero-order valence-electron chi connectivity index (χ0n) is 10.9. The number of anilines is 1. The van der Waals surface area contributed by atoms with Gasteiger partial charge in [0.2, 0.25) is 0 Å². The Balaban J connectivity index is 1.47. The van der Waals surface area contributed by atoms with Crippen molar-refractivity contribution in [1.82, 2.24) is 15.5 Å². The molecule has 4 rings (SSSR count). The SMILES string of the molecule is Cc1noc(NC(=O)NCC2CC3C=CC2CC3)n1. The lowest BCUT2D eigenvalue weighted by Crippen LogP contribution is -2.39. The zero-order valence-corrected chi connectivity index (χ0v) is 10.9. The highest BCUT2D eigenvalue weighted by atomic mass is 16.5. The zero-order chi connectivity index (χ0) is 13.2. The van der Waals surface area contributed by atoms with Crippen LogP contribution in [0.4, 0.5) is 10.8 Å². The molecule has 0 aliphatic heterocycles. The summed E-state index contributed by atoms with van der Waals surface area (Å²) in [6, 6.07) is -0.144. The lowest BCUT2D eigenvalue weighted by molar-refractivity contribution is 0.211. The number of nitrogens with one attached hydrogen (secondary N) is 2. The minimum absolute atomic E-state index is 0.139. The summed E-state index contributed by atoms with van der Waals surface area (Å²) in [6.45, 7) is 2.40. The molecule has 1 aromatic heterocycles. The molecular formula is C13H18N4O2. The Morgan fingerprint density at radius 3 is 2.95 bits per heavy atom. The van der Waals surface area contributed by atoms with Gasteiger partial charge in [-0.2, -0.15) is 4.98 Å². The topological polar surface area (TPSA) is 80.0 Å². The molecule has 1 saturated carbocycles. The van der Waals surface area contributed by atoms with Crippen molar-refractivity contribution in [1.29, 1.82) is 0 Å². The number of aromatic nitrogens is 2. The molecule has 0 aromatic carbocycles. The van der Waals surface area contributed by atoms with E-state index in [1.54, 1.807) is 6.92 Å². The van der Waals surface area contributed by atoms with Crippen molar-refractivity contribution in [2.24, 2.45) is 17.8 Å². The van der Waals surface area contributed by atoms with Gasteiger partial charge in [0.1, 0.15) is 0 Å². The Hall–Kier alpha value is -1.85. The lowest BCUT2D eigenvalue weighted by Gasteiger charge is -2.38. The van der Waals surface area contributed by atoms with Crippen molar-refractivity contribution in [2.45, 2.75) is 26.2 Å². The van der Waals surface area contributed by atoms with Crippen molar-refractivity contribution in [2.75, 3.05) is 11.9 Å². The highest BCUT2D eigenvalue weighted by Crippen LogP contribution is 2.39. The normalized spacial score (nSPS) is 28.4. The van der Waals surface area contributed by atoms with Crippen molar-refractivity contribution in [3.63, 3.8) is 0 Å². The molecule has 3 unspecified atom stereocenters. The summed E-state index contributed by atoms with van der Waals surface area (Å²) < 4.78 is 4.83. The van der Waals surface area contributed by atoms with Gasteiger partial charge in [-0.15, -0.1) is 0 Å². The van der Waals surface area contributed by atoms with Gasteiger partial charge >= 0.3 is 12.0 Å². The fraction of sp³-hybridized carbons (Fsp3) is 0.615. The molecule has 3 atom stereocenters. The van der Waals surface area contributed by atoms with Gasteiger partial charge in [0, 0.05) is 6.54 Å². The first-order valence-electron chi connectivity index (χ1n) is 6.74. The van der Waals surface area contributed by atoms with E-state index in [2.05, 4.69) is 32.9 Å². The molecule has 2 amide bonds. The minimum atomic E-state index is -0.283. The maximum absolute atomic E-state index is 11.7. The molecule has 3 aliphatic rings. The van der Waals surface area contributed by atoms with Crippen LogP contribution in [0, 0.1) is 24.7 Å². The molecule has 0 saturated heterocycles. The van der Waals surface area contributed by atoms with Crippen molar-refractivity contribution in [3.05, 3.63) is 18.0 Å². The molecule has 0 radical (unpaired) electrons. The standard InChI is InChI=1S/C13H18N4O2/c1-8-15-13(19-17-8)16-12(18)14-7-11-6-9-2-4-10(11)5-3-9/h2,4,9-11H,3,5-7H2,1H3,(H2,14,15,16,17,18). The quantitative estimate of drug-likeness (QED) is 0.817. The van der Waals surface area contributed by atoms with Crippen LogP contribution in [0.15, 0.2) is 16.7 Å². The first-order chi connectivity index (χ1) is 9.20. The van der Waals surface area contributed by atoms with Crippen LogP contribution in [0.2, 0.25) is 0 Å². The number of hydrogen-bond acceptors (Lipinski definition) is 4. The second kappa shape index (κ2) is 5.03. The Morgan fingerprint density at radius 2 is 2.37 bits per heavy atom. The van der Waals surface area contributed by atoms with Crippen LogP contribution in [0.1, 0.15) is 25.1 Å². The van der Waals surface area contributed by atoms with E-state index in [0.717, 1.165) is 0 Å². The molecular weight excluding hydrogens is 244 g/mol. The number of allylic oxidation sites excluding steroid dienone is 2. The largest absolute Gasteiger partial charge is 0.337 e. The summed E-state index contributed by atoms with van der Waals surface area (Å²) in [7, 11) is 0. The Labute approximate surface area is 111 Å². The molecule has 2 bridgehead atoms.